The molecule has 6 nitrogen and oxygen atoms in total. The molecule has 9 heteroatoms. The first-order valence-electron chi connectivity index (χ1n) is 11.4. The molecule has 0 unspecified atom stereocenters. The van der Waals surface area contributed by atoms with Crippen LogP contribution in [-0.4, -0.2) is 40.1 Å². The molecule has 7 rings (SSSR count). The number of hydrazine groups is 1. The molecule has 0 N–H and O–H groups in total. The van der Waals surface area contributed by atoms with Gasteiger partial charge in [-0.2, -0.15) is 5.01 Å². The normalized spacial score (nSPS) is 29.7. The van der Waals surface area contributed by atoms with Gasteiger partial charge in [-0.3, -0.25) is 19.2 Å². The van der Waals surface area contributed by atoms with E-state index in [1.54, 1.807) is 12.1 Å². The van der Waals surface area contributed by atoms with Crippen LogP contribution in [0.3, 0.4) is 0 Å². The molecular weight excluding hydrogens is 511 g/mol. The van der Waals surface area contributed by atoms with Gasteiger partial charge < -0.3 is 0 Å². The van der Waals surface area contributed by atoms with Crippen LogP contribution in [0.4, 0.5) is 0 Å². The maximum atomic E-state index is 13.7. The molecule has 35 heavy (non-hydrogen) atoms. The average molecular weight is 530 g/mol. The molecule has 1 saturated heterocycles. The fourth-order valence-electron chi connectivity index (χ4n) is 6.08. The molecule has 0 radical (unpaired) electrons. The molecule has 6 atom stereocenters. The van der Waals surface area contributed by atoms with Crippen molar-refractivity contribution in [2.75, 3.05) is 6.54 Å². The maximum absolute atomic E-state index is 13.7. The number of allylic oxidation sites excluding steroid dienone is 2. The highest BCUT2D eigenvalue weighted by Gasteiger charge is 2.68. The summed E-state index contributed by atoms with van der Waals surface area (Å²) in [6.45, 7) is -0.508. The summed E-state index contributed by atoms with van der Waals surface area (Å²) in [5, 5.41) is 2.69. The monoisotopic (exact) mass is 528 g/mol. The Bertz CT molecular complexity index is 1290. The Morgan fingerprint density at radius 3 is 2.00 bits per heavy atom. The van der Waals surface area contributed by atoms with Gasteiger partial charge in [0, 0.05) is 15.6 Å². The third-order valence-corrected chi connectivity index (χ3v) is 8.54. The van der Waals surface area contributed by atoms with E-state index in [0.29, 0.717) is 27.4 Å². The molecule has 1 heterocycles. The van der Waals surface area contributed by atoms with Gasteiger partial charge in [0.2, 0.25) is 0 Å². The number of Topliss-reactive ketones (excluding diaryl/α,β-unsaturated/α-hetero) is 1. The summed E-state index contributed by atoms with van der Waals surface area (Å²) in [7, 11) is 0. The second-order valence-corrected chi connectivity index (χ2v) is 10.8. The van der Waals surface area contributed by atoms with Gasteiger partial charge >= 0.3 is 0 Å². The number of carbonyl (C=O) groups is 4. The van der Waals surface area contributed by atoms with Gasteiger partial charge in [0.15, 0.2) is 5.78 Å². The lowest BCUT2D eigenvalue weighted by Gasteiger charge is -2.37. The van der Waals surface area contributed by atoms with Gasteiger partial charge in [-0.05, 0) is 72.6 Å². The Kier molecular flexibility index (Phi) is 5.33. The summed E-state index contributed by atoms with van der Waals surface area (Å²) < 4.78 is 0. The van der Waals surface area contributed by atoms with E-state index in [-0.39, 0.29) is 22.4 Å². The highest BCUT2D eigenvalue weighted by Crippen LogP contribution is 2.65. The second-order valence-electron chi connectivity index (χ2n) is 9.56. The molecule has 3 fully saturated rings. The van der Waals surface area contributed by atoms with Crippen LogP contribution in [0.15, 0.2) is 54.6 Å². The maximum Gasteiger partial charge on any atom is 0.274 e. The van der Waals surface area contributed by atoms with E-state index in [9.17, 15) is 19.2 Å². The summed E-state index contributed by atoms with van der Waals surface area (Å²) in [5.41, 5.74) is 0.341. The van der Waals surface area contributed by atoms with Crippen LogP contribution in [0.5, 0.6) is 0 Å². The molecule has 5 aliphatic rings. The minimum atomic E-state index is -0.722. The molecule has 0 spiro atoms. The van der Waals surface area contributed by atoms with Crippen LogP contribution in [0, 0.1) is 35.5 Å². The molecule has 2 saturated carbocycles. The largest absolute Gasteiger partial charge is 0.292 e. The molecule has 2 bridgehead atoms. The molecular formula is C26H19Cl3N2O4. The van der Waals surface area contributed by atoms with Crippen LogP contribution >= 0.6 is 34.8 Å². The number of rotatable bonds is 5. The number of benzene rings is 2. The third kappa shape index (κ3) is 3.53. The number of hydrogen-bond acceptors (Lipinski definition) is 4. The van der Waals surface area contributed by atoms with E-state index >= 15 is 0 Å². The number of ketones is 1. The first kappa shape index (κ1) is 22.8. The van der Waals surface area contributed by atoms with Crippen LogP contribution < -0.4 is 0 Å². The SMILES string of the molecule is O=C(CN(C(=O)c1ccc(Cl)cc1Cl)N1C(=O)[C@@H]2[C@H]3C=C[C@@H]([C@@H]4C[C@H]34)[C@@H]2C1=O)c1ccc(Cl)cc1. The Morgan fingerprint density at radius 1 is 0.857 bits per heavy atom. The molecule has 2 aromatic rings. The van der Waals surface area contributed by atoms with E-state index < -0.39 is 41.9 Å². The summed E-state index contributed by atoms with van der Waals surface area (Å²) in [4.78, 5) is 54.2. The average Bonchev–Trinajstić information content (AvgIpc) is 3.61. The third-order valence-electron chi connectivity index (χ3n) is 7.74. The van der Waals surface area contributed by atoms with Crippen molar-refractivity contribution < 1.29 is 19.2 Å². The molecule has 178 valence electrons. The predicted octanol–water partition coefficient (Wildman–Crippen LogP) is 4.94. The highest BCUT2D eigenvalue weighted by molar-refractivity contribution is 6.36. The van der Waals surface area contributed by atoms with Gasteiger partial charge in [0.25, 0.3) is 17.7 Å². The lowest BCUT2D eigenvalue weighted by molar-refractivity contribution is -0.154. The molecule has 4 aliphatic carbocycles. The van der Waals surface area contributed by atoms with Crippen molar-refractivity contribution in [1.82, 2.24) is 10.0 Å². The van der Waals surface area contributed by atoms with Crippen molar-refractivity contribution in [3.8, 4) is 0 Å². The first-order valence-corrected chi connectivity index (χ1v) is 12.5. The lowest BCUT2D eigenvalue weighted by Crippen LogP contribution is -2.52. The van der Waals surface area contributed by atoms with Gasteiger partial charge in [-0.15, -0.1) is 0 Å². The second kappa shape index (κ2) is 8.19. The Morgan fingerprint density at radius 2 is 1.43 bits per heavy atom. The molecule has 0 aromatic heterocycles. The Hall–Kier alpha value is -2.67. The molecule has 2 aromatic carbocycles. The van der Waals surface area contributed by atoms with Crippen LogP contribution in [-0.2, 0) is 9.59 Å². The number of nitrogens with zero attached hydrogens (tertiary/aromatic N) is 2. The van der Waals surface area contributed by atoms with Crippen LogP contribution in [0.1, 0.15) is 27.1 Å². The zero-order valence-corrected chi connectivity index (χ0v) is 20.5. The summed E-state index contributed by atoms with van der Waals surface area (Å²) >= 11 is 18.2. The van der Waals surface area contributed by atoms with Gasteiger partial charge in [0.1, 0.15) is 6.54 Å². The zero-order chi connectivity index (χ0) is 24.6. The molecule has 3 amide bonds. The van der Waals surface area contributed by atoms with Crippen molar-refractivity contribution in [2.45, 2.75) is 6.42 Å². The predicted molar refractivity (Wildman–Crippen MR) is 130 cm³/mol. The molecule has 1 aliphatic heterocycles. The first-order chi connectivity index (χ1) is 16.8. The van der Waals surface area contributed by atoms with Crippen LogP contribution in [0.25, 0.3) is 0 Å². The summed E-state index contributed by atoms with van der Waals surface area (Å²) in [6.07, 6.45) is 5.12. The number of carbonyl (C=O) groups excluding carboxylic acids is 4. The zero-order valence-electron chi connectivity index (χ0n) is 18.2. The fourth-order valence-corrected chi connectivity index (χ4v) is 6.69. The van der Waals surface area contributed by atoms with E-state index in [4.69, 9.17) is 34.8 Å². The van der Waals surface area contributed by atoms with E-state index in [1.807, 2.05) is 0 Å². The van der Waals surface area contributed by atoms with Gasteiger partial charge in [0.05, 0.1) is 22.4 Å². The Labute approximate surface area is 216 Å². The standard InChI is InChI=1S/C26H19Cl3N2O4/c27-13-3-1-12(2-4-13)21(32)11-30(24(33)17-6-5-14(28)9-20(17)29)31-25(34)22-15-7-8-16(19-10-18(15)19)23(22)26(31)35/h1-9,15-16,18-19,22-23H,10-11H2/t15-,16-,18-,19+,22-,23+/m0/s1. The van der Waals surface area contributed by atoms with Crippen molar-refractivity contribution in [3.63, 3.8) is 0 Å². The van der Waals surface area contributed by atoms with Crippen molar-refractivity contribution in [1.29, 1.82) is 0 Å². The summed E-state index contributed by atoms with van der Waals surface area (Å²) in [5.74, 6) is -2.27. The fraction of sp³-hybridized carbons (Fsp3) is 0.308. The Balaban J connectivity index is 1.38. The number of amides is 3. The highest BCUT2D eigenvalue weighted by atomic mass is 35.5. The number of imide groups is 1. The quantitative estimate of drug-likeness (QED) is 0.312. The van der Waals surface area contributed by atoms with E-state index in [0.717, 1.165) is 16.4 Å². The van der Waals surface area contributed by atoms with Crippen LogP contribution in [0.2, 0.25) is 15.1 Å². The van der Waals surface area contributed by atoms with E-state index in [2.05, 4.69) is 12.2 Å². The lowest BCUT2D eigenvalue weighted by atomic mass is 9.63. The number of halogens is 3. The number of hydrogen-bond donors (Lipinski definition) is 0. The van der Waals surface area contributed by atoms with Crippen molar-refractivity contribution in [3.05, 3.63) is 80.8 Å². The summed E-state index contributed by atoms with van der Waals surface area (Å²) in [6, 6.07) is 10.5. The topological polar surface area (TPSA) is 74.8 Å². The smallest absolute Gasteiger partial charge is 0.274 e. The van der Waals surface area contributed by atoms with Gasteiger partial charge in [-0.25, -0.2) is 5.01 Å². The van der Waals surface area contributed by atoms with Gasteiger partial charge in [-0.1, -0.05) is 47.0 Å². The minimum Gasteiger partial charge on any atom is -0.292 e. The van der Waals surface area contributed by atoms with Crippen molar-refractivity contribution in [2.24, 2.45) is 35.5 Å². The minimum absolute atomic E-state index is 0.0144. The van der Waals surface area contributed by atoms with E-state index in [1.165, 1.54) is 30.3 Å². The van der Waals surface area contributed by atoms with Crippen molar-refractivity contribution >= 4 is 58.3 Å².